The van der Waals surface area contributed by atoms with Crippen molar-refractivity contribution >= 4 is 37.7 Å². The molecule has 0 unspecified atom stereocenters. The number of carbonyl (C=O) groups is 1. The van der Waals surface area contributed by atoms with Gasteiger partial charge in [0.1, 0.15) is 5.82 Å². The van der Waals surface area contributed by atoms with Crippen LogP contribution in [0.25, 0.3) is 21.8 Å². The highest BCUT2D eigenvalue weighted by Gasteiger charge is 2.29. The van der Waals surface area contributed by atoms with E-state index in [0.29, 0.717) is 48.3 Å². The molecular weight excluding hydrogens is 497 g/mol. The van der Waals surface area contributed by atoms with E-state index in [2.05, 4.69) is 10.3 Å². The quantitative estimate of drug-likeness (QED) is 0.389. The van der Waals surface area contributed by atoms with Gasteiger partial charge < -0.3 is 15.0 Å². The van der Waals surface area contributed by atoms with Crippen LogP contribution in [0.4, 0.5) is 4.39 Å². The number of nitrogens with zero attached hydrogens (tertiary/aromatic N) is 1. The number of rotatable bonds is 5. The highest BCUT2D eigenvalue weighted by atomic mass is 32.2. The molecular formula is C27H26FN3O5S. The first kappa shape index (κ1) is 25.1. The van der Waals surface area contributed by atoms with Crippen LogP contribution in [0.15, 0.2) is 70.4 Å². The van der Waals surface area contributed by atoms with Gasteiger partial charge in [0.25, 0.3) is 5.91 Å². The SMILES string of the molecule is CC(C)(NC(=O)c1cc2[nH]c3ccccc3c(=O)c2cc1F)c1ccc(S(=O)(=O)N2CCOCC2)cc1. The van der Waals surface area contributed by atoms with Crippen molar-refractivity contribution in [2.45, 2.75) is 24.3 Å². The topological polar surface area (TPSA) is 109 Å². The third kappa shape index (κ3) is 4.63. The molecule has 37 heavy (non-hydrogen) atoms. The maximum atomic E-state index is 15.0. The lowest BCUT2D eigenvalue weighted by Gasteiger charge is -2.28. The number of halogens is 1. The summed E-state index contributed by atoms with van der Waals surface area (Å²) in [6.45, 7) is 4.78. The number of fused-ring (bicyclic) bond motifs is 2. The summed E-state index contributed by atoms with van der Waals surface area (Å²) >= 11 is 0. The zero-order valence-corrected chi connectivity index (χ0v) is 21.2. The zero-order valence-electron chi connectivity index (χ0n) is 20.4. The van der Waals surface area contributed by atoms with E-state index in [9.17, 15) is 22.4 Å². The number of carbonyl (C=O) groups excluding carboxylic acids is 1. The number of hydrogen-bond donors (Lipinski definition) is 2. The Kier molecular flexibility index (Phi) is 6.35. The molecule has 0 aliphatic carbocycles. The molecule has 192 valence electrons. The number of hydrogen-bond acceptors (Lipinski definition) is 5. The monoisotopic (exact) mass is 523 g/mol. The van der Waals surface area contributed by atoms with Crippen molar-refractivity contribution < 1.29 is 22.3 Å². The number of aromatic amines is 1. The van der Waals surface area contributed by atoms with Gasteiger partial charge in [0, 0.05) is 29.4 Å². The van der Waals surface area contributed by atoms with Gasteiger partial charge >= 0.3 is 0 Å². The Balaban J connectivity index is 1.41. The lowest BCUT2D eigenvalue weighted by molar-refractivity contribution is 0.0730. The maximum absolute atomic E-state index is 15.0. The van der Waals surface area contributed by atoms with Crippen LogP contribution in [0.5, 0.6) is 0 Å². The Hall–Kier alpha value is -3.60. The minimum absolute atomic E-state index is 0.150. The van der Waals surface area contributed by atoms with Crippen LogP contribution in [-0.4, -0.2) is 49.9 Å². The molecule has 1 amide bonds. The van der Waals surface area contributed by atoms with Crippen LogP contribution in [0.1, 0.15) is 29.8 Å². The van der Waals surface area contributed by atoms with Crippen LogP contribution in [0.2, 0.25) is 0 Å². The highest BCUT2D eigenvalue weighted by Crippen LogP contribution is 2.25. The number of amides is 1. The number of ether oxygens (including phenoxy) is 1. The molecule has 1 aromatic heterocycles. The smallest absolute Gasteiger partial charge is 0.255 e. The van der Waals surface area contributed by atoms with Crippen molar-refractivity contribution in [3.63, 3.8) is 0 Å². The van der Waals surface area contributed by atoms with E-state index < -0.39 is 27.3 Å². The standard InChI is InChI=1S/C27H26FN3O5S/c1-27(2,17-7-9-18(10-8-17)37(34,35)31-11-13-36-14-12-31)30-26(33)20-16-24-21(15-22(20)28)25(32)19-5-3-4-6-23(19)29-24/h3-10,15-16H,11-14H2,1-2H3,(H,29,32)(H,30,33). The summed E-state index contributed by atoms with van der Waals surface area (Å²) in [5.74, 6) is -1.48. The fourth-order valence-electron chi connectivity index (χ4n) is 4.52. The van der Waals surface area contributed by atoms with Crippen LogP contribution in [0.3, 0.4) is 0 Å². The van der Waals surface area contributed by atoms with E-state index in [1.807, 2.05) is 0 Å². The van der Waals surface area contributed by atoms with Gasteiger partial charge in [0.05, 0.1) is 34.7 Å². The molecule has 1 aliphatic heterocycles. The molecule has 10 heteroatoms. The maximum Gasteiger partial charge on any atom is 0.255 e. The third-order valence-corrected chi connectivity index (χ3v) is 8.56. The molecule has 2 heterocycles. The average molecular weight is 524 g/mol. The van der Waals surface area contributed by atoms with Crippen molar-refractivity contribution in [2.24, 2.45) is 0 Å². The molecule has 1 saturated heterocycles. The van der Waals surface area contributed by atoms with Gasteiger partial charge in [-0.25, -0.2) is 12.8 Å². The first-order valence-corrected chi connectivity index (χ1v) is 13.3. The van der Waals surface area contributed by atoms with E-state index in [-0.39, 0.29) is 21.3 Å². The molecule has 1 aliphatic rings. The number of nitrogens with one attached hydrogen (secondary N) is 2. The Morgan fingerprint density at radius 3 is 2.38 bits per heavy atom. The molecule has 3 aromatic carbocycles. The van der Waals surface area contributed by atoms with E-state index >= 15 is 0 Å². The predicted molar refractivity (Wildman–Crippen MR) is 139 cm³/mol. The molecule has 1 fully saturated rings. The summed E-state index contributed by atoms with van der Waals surface area (Å²) in [5, 5.41) is 3.41. The van der Waals surface area contributed by atoms with Crippen molar-refractivity contribution in [2.75, 3.05) is 26.3 Å². The molecule has 0 bridgehead atoms. The summed E-state index contributed by atoms with van der Waals surface area (Å²) in [7, 11) is -3.65. The van der Waals surface area contributed by atoms with Crippen LogP contribution >= 0.6 is 0 Å². The summed E-state index contributed by atoms with van der Waals surface area (Å²) in [6.07, 6.45) is 0. The lowest BCUT2D eigenvalue weighted by atomic mass is 9.93. The number of para-hydroxylation sites is 1. The predicted octanol–water partition coefficient (Wildman–Crippen LogP) is 3.51. The minimum Gasteiger partial charge on any atom is -0.379 e. The van der Waals surface area contributed by atoms with Gasteiger partial charge in [-0.3, -0.25) is 9.59 Å². The summed E-state index contributed by atoms with van der Waals surface area (Å²) < 4.78 is 47.4. The Bertz CT molecular complexity index is 1670. The van der Waals surface area contributed by atoms with Gasteiger partial charge in [0.15, 0.2) is 5.43 Å². The second-order valence-electron chi connectivity index (χ2n) is 9.50. The van der Waals surface area contributed by atoms with Crippen LogP contribution in [0, 0.1) is 5.82 Å². The highest BCUT2D eigenvalue weighted by molar-refractivity contribution is 7.89. The molecule has 5 rings (SSSR count). The lowest BCUT2D eigenvalue weighted by Crippen LogP contribution is -2.42. The number of pyridine rings is 1. The molecule has 0 radical (unpaired) electrons. The normalized spacial score (nSPS) is 15.2. The first-order valence-electron chi connectivity index (χ1n) is 11.8. The minimum atomic E-state index is -3.65. The van der Waals surface area contributed by atoms with Crippen LogP contribution < -0.4 is 10.7 Å². The van der Waals surface area contributed by atoms with E-state index in [1.165, 1.54) is 22.5 Å². The first-order chi connectivity index (χ1) is 17.6. The summed E-state index contributed by atoms with van der Waals surface area (Å²) in [5.41, 5.74) is 0.107. The van der Waals surface area contributed by atoms with E-state index in [0.717, 1.165) is 6.07 Å². The molecule has 4 aromatic rings. The summed E-state index contributed by atoms with van der Waals surface area (Å²) in [4.78, 5) is 29.2. The Morgan fingerprint density at radius 1 is 1.00 bits per heavy atom. The second kappa shape index (κ2) is 9.37. The fraction of sp³-hybridized carbons (Fsp3) is 0.259. The average Bonchev–Trinajstić information content (AvgIpc) is 2.89. The Labute approximate surface area is 213 Å². The van der Waals surface area contributed by atoms with Crippen molar-refractivity contribution in [3.8, 4) is 0 Å². The molecule has 0 spiro atoms. The molecule has 2 N–H and O–H groups in total. The van der Waals surface area contributed by atoms with Crippen molar-refractivity contribution in [1.29, 1.82) is 0 Å². The Morgan fingerprint density at radius 2 is 1.68 bits per heavy atom. The number of H-pyrrole nitrogens is 1. The molecule has 8 nitrogen and oxygen atoms in total. The van der Waals surface area contributed by atoms with E-state index in [1.54, 1.807) is 50.2 Å². The number of aromatic nitrogens is 1. The molecule has 0 saturated carbocycles. The van der Waals surface area contributed by atoms with Gasteiger partial charge in [-0.1, -0.05) is 24.3 Å². The fourth-order valence-corrected chi connectivity index (χ4v) is 5.93. The van der Waals surface area contributed by atoms with Crippen molar-refractivity contribution in [3.05, 3.63) is 87.8 Å². The van der Waals surface area contributed by atoms with E-state index in [4.69, 9.17) is 4.74 Å². The van der Waals surface area contributed by atoms with Crippen LogP contribution in [-0.2, 0) is 20.3 Å². The number of sulfonamides is 1. The van der Waals surface area contributed by atoms with Gasteiger partial charge in [0.2, 0.25) is 10.0 Å². The molecule has 0 atom stereocenters. The van der Waals surface area contributed by atoms with Gasteiger partial charge in [-0.05, 0) is 55.8 Å². The summed E-state index contributed by atoms with van der Waals surface area (Å²) in [6, 6.07) is 15.6. The number of benzene rings is 3. The largest absolute Gasteiger partial charge is 0.379 e. The third-order valence-electron chi connectivity index (χ3n) is 6.65. The second-order valence-corrected chi connectivity index (χ2v) is 11.4. The van der Waals surface area contributed by atoms with Gasteiger partial charge in [-0.2, -0.15) is 4.31 Å². The van der Waals surface area contributed by atoms with Gasteiger partial charge in [-0.15, -0.1) is 0 Å². The number of morpholine rings is 1. The zero-order chi connectivity index (χ0) is 26.4. The van der Waals surface area contributed by atoms with Crippen molar-refractivity contribution in [1.82, 2.24) is 14.6 Å².